The fourth-order valence-corrected chi connectivity index (χ4v) is 7.86. The molecule has 0 aliphatic carbocycles. The van der Waals surface area contributed by atoms with E-state index in [1.165, 1.54) is 13.8 Å². The van der Waals surface area contributed by atoms with Crippen LogP contribution in [0.5, 0.6) is 0 Å². The molecule has 0 spiro atoms. The zero-order valence-electron chi connectivity index (χ0n) is 31.1. The first kappa shape index (κ1) is 37.7. The van der Waals surface area contributed by atoms with Gasteiger partial charge in [0.25, 0.3) is 0 Å². The van der Waals surface area contributed by atoms with Gasteiger partial charge in [0.15, 0.2) is 5.69 Å². The van der Waals surface area contributed by atoms with E-state index in [0.29, 0.717) is 22.6 Å². The number of nitrogens with one attached hydrogen (secondary N) is 2. The molecule has 2 amide bonds. The number of fused-ring (bicyclic) bond motifs is 2. The fourth-order valence-electron chi connectivity index (χ4n) is 7.86. The van der Waals surface area contributed by atoms with Crippen molar-refractivity contribution in [2.45, 2.75) is 49.0 Å². The van der Waals surface area contributed by atoms with Crippen LogP contribution in [0.1, 0.15) is 49.1 Å². The highest BCUT2D eigenvalue weighted by Gasteiger charge is 2.23. The molecule has 0 aliphatic rings. The molecule has 0 aliphatic heterocycles. The van der Waals surface area contributed by atoms with Gasteiger partial charge >= 0.3 is 0 Å². The molecule has 0 bridgehead atoms. The van der Waals surface area contributed by atoms with Crippen molar-refractivity contribution in [3.05, 3.63) is 148 Å². The topological polar surface area (TPSA) is 86.3 Å². The number of anilines is 2. The molecule has 7 rings (SSSR count). The Morgan fingerprint density at radius 1 is 0.564 bits per heavy atom. The summed E-state index contributed by atoms with van der Waals surface area (Å²) in [4.78, 5) is 29.9. The minimum atomic E-state index is -0.275. The number of aryl methyl sites for hydroxylation is 4. The highest BCUT2D eigenvalue weighted by molar-refractivity contribution is 6.16. The first-order chi connectivity index (χ1) is 26.0. The third-order valence-corrected chi connectivity index (χ3v) is 10.1. The van der Waals surface area contributed by atoms with Gasteiger partial charge in [-0.2, -0.15) is 5.26 Å². The highest BCUT2D eigenvalue weighted by Crippen LogP contribution is 2.48. The van der Waals surface area contributed by atoms with E-state index in [1.807, 2.05) is 88.4 Å². The number of rotatable bonds is 6. The summed E-state index contributed by atoms with van der Waals surface area (Å²) in [7, 11) is 0. The van der Waals surface area contributed by atoms with Gasteiger partial charge in [-0.15, -0.1) is 0 Å². The maximum absolute atomic E-state index is 13.1. The SMILES string of the molecule is C.[C-]#[N+]c1c(C)cc(-c2cccc3cccc(-c4ccc(-c5cccc6cccc(-c7cc(C)c(C#N)c(C)c7)c56)c(NC(C)=O)c4NC(C)=O)c23)cc1C. The number of hydrogen-bond acceptors (Lipinski definition) is 3. The van der Waals surface area contributed by atoms with E-state index in [-0.39, 0.29) is 19.2 Å². The zero-order chi connectivity index (χ0) is 38.3. The van der Waals surface area contributed by atoms with Crippen molar-refractivity contribution < 1.29 is 9.59 Å². The van der Waals surface area contributed by atoms with Crippen molar-refractivity contribution in [2.75, 3.05) is 10.6 Å². The van der Waals surface area contributed by atoms with Gasteiger partial charge in [-0.3, -0.25) is 9.59 Å². The van der Waals surface area contributed by atoms with Gasteiger partial charge in [0.1, 0.15) is 0 Å². The maximum Gasteiger partial charge on any atom is 0.221 e. The second kappa shape index (κ2) is 15.1. The van der Waals surface area contributed by atoms with Crippen LogP contribution in [0.15, 0.2) is 109 Å². The predicted octanol–water partition coefficient (Wildman–Crippen LogP) is 12.9. The van der Waals surface area contributed by atoms with Crippen LogP contribution in [0, 0.1) is 45.6 Å². The number of carbonyl (C=O) groups excluding carboxylic acids is 2. The summed E-state index contributed by atoms with van der Waals surface area (Å²) in [5, 5.41) is 20.0. The number of nitrogens with zero attached hydrogens (tertiary/aromatic N) is 2. The van der Waals surface area contributed by atoms with Crippen LogP contribution in [0.4, 0.5) is 17.1 Å². The zero-order valence-corrected chi connectivity index (χ0v) is 31.1. The summed E-state index contributed by atoms with van der Waals surface area (Å²) >= 11 is 0. The summed E-state index contributed by atoms with van der Waals surface area (Å²) in [6.07, 6.45) is 0. The van der Waals surface area contributed by atoms with E-state index in [9.17, 15) is 14.9 Å². The van der Waals surface area contributed by atoms with Crippen molar-refractivity contribution in [1.82, 2.24) is 0 Å². The smallest absolute Gasteiger partial charge is 0.221 e. The maximum atomic E-state index is 13.1. The number of hydrogen-bond donors (Lipinski definition) is 2. The van der Waals surface area contributed by atoms with E-state index in [4.69, 9.17) is 6.57 Å². The van der Waals surface area contributed by atoms with Crippen molar-refractivity contribution in [1.29, 1.82) is 5.26 Å². The van der Waals surface area contributed by atoms with E-state index in [0.717, 1.165) is 88.3 Å². The summed E-state index contributed by atoms with van der Waals surface area (Å²) in [5.41, 5.74) is 13.2. The van der Waals surface area contributed by atoms with E-state index in [1.54, 1.807) is 0 Å². The van der Waals surface area contributed by atoms with Gasteiger partial charge in [0.05, 0.1) is 29.6 Å². The van der Waals surface area contributed by atoms with Gasteiger partial charge < -0.3 is 10.6 Å². The summed E-state index contributed by atoms with van der Waals surface area (Å²) < 4.78 is 0. The van der Waals surface area contributed by atoms with E-state index < -0.39 is 0 Å². The molecular weight excluding hydrogens is 677 g/mol. The molecule has 0 heterocycles. The van der Waals surface area contributed by atoms with E-state index in [2.05, 4.69) is 70.1 Å². The normalized spacial score (nSPS) is 10.7. The first-order valence-corrected chi connectivity index (χ1v) is 17.8. The Morgan fingerprint density at radius 2 is 0.927 bits per heavy atom. The third-order valence-electron chi connectivity index (χ3n) is 10.1. The van der Waals surface area contributed by atoms with E-state index >= 15 is 0 Å². The van der Waals surface area contributed by atoms with Crippen LogP contribution in [-0.4, -0.2) is 11.8 Å². The number of carbonyl (C=O) groups is 2. The average Bonchev–Trinajstić information content (AvgIpc) is 3.14. The van der Waals surface area contributed by atoms with Crippen LogP contribution >= 0.6 is 0 Å². The second-order valence-electron chi connectivity index (χ2n) is 13.9. The lowest BCUT2D eigenvalue weighted by atomic mass is 9.86. The summed E-state index contributed by atoms with van der Waals surface area (Å²) in [5.74, 6) is -0.549. The molecule has 270 valence electrons. The number of benzene rings is 7. The average molecular weight is 719 g/mol. The Kier molecular flexibility index (Phi) is 10.4. The summed E-state index contributed by atoms with van der Waals surface area (Å²) in [6, 6.07) is 39.2. The molecular formula is C49H42N4O2. The molecule has 0 fully saturated rings. The van der Waals surface area contributed by atoms with Gasteiger partial charge in [-0.25, -0.2) is 4.85 Å². The fraction of sp³-hybridized carbons (Fsp3) is 0.143. The van der Waals surface area contributed by atoms with Crippen LogP contribution in [0.2, 0.25) is 0 Å². The monoisotopic (exact) mass is 718 g/mol. The Labute approximate surface area is 322 Å². The van der Waals surface area contributed by atoms with Crippen LogP contribution in [0.25, 0.3) is 70.9 Å². The highest BCUT2D eigenvalue weighted by atomic mass is 16.2. The molecule has 0 aromatic heterocycles. The first-order valence-electron chi connectivity index (χ1n) is 17.8. The molecule has 0 atom stereocenters. The van der Waals surface area contributed by atoms with Gasteiger partial charge in [-0.1, -0.05) is 117 Å². The number of nitriles is 1. The Bertz CT molecular complexity index is 2550. The quantitative estimate of drug-likeness (QED) is 0.168. The Hall–Kier alpha value is -7.02. The minimum Gasteiger partial charge on any atom is -0.324 e. The number of amides is 2. The molecule has 0 unspecified atom stereocenters. The molecule has 55 heavy (non-hydrogen) atoms. The molecule has 0 radical (unpaired) electrons. The van der Waals surface area contributed by atoms with Crippen LogP contribution < -0.4 is 10.6 Å². The molecule has 2 N–H and O–H groups in total. The van der Waals surface area contributed by atoms with Gasteiger partial charge in [0.2, 0.25) is 11.8 Å². The van der Waals surface area contributed by atoms with Crippen LogP contribution in [0.3, 0.4) is 0 Å². The second-order valence-corrected chi connectivity index (χ2v) is 13.9. The molecule has 7 aromatic rings. The van der Waals surface area contributed by atoms with Crippen molar-refractivity contribution >= 4 is 50.4 Å². The Balaban J connectivity index is 0.00000514. The standard InChI is InChI=1S/C48H38N4O2.CH4/c1-27-22-35(23-28(2)43(27)26-49)37-16-8-12-33-14-10-18-39(44(33)37)41-20-21-42(48(52-32(6)54)47(41)51-31(5)53)40-19-11-15-34-13-9-17-38(45(34)40)36-24-29(3)46(50-7)30(4)25-36;/h8-25H,1-6H3,(H,51,53)(H,52,54);1H4. The summed E-state index contributed by atoms with van der Waals surface area (Å²) in [6.45, 7) is 18.5. The minimum absolute atomic E-state index is 0. The molecule has 0 saturated carbocycles. The van der Waals surface area contributed by atoms with Crippen molar-refractivity contribution in [3.63, 3.8) is 0 Å². The molecule has 0 saturated heterocycles. The molecule has 6 nitrogen and oxygen atoms in total. The lowest BCUT2D eigenvalue weighted by Crippen LogP contribution is -2.14. The van der Waals surface area contributed by atoms with Crippen LogP contribution in [-0.2, 0) is 9.59 Å². The van der Waals surface area contributed by atoms with Gasteiger partial charge in [0, 0.05) is 25.0 Å². The molecule has 7 aromatic carbocycles. The van der Waals surface area contributed by atoms with Crippen molar-refractivity contribution in [3.8, 4) is 50.6 Å². The largest absolute Gasteiger partial charge is 0.324 e. The predicted molar refractivity (Wildman–Crippen MR) is 228 cm³/mol. The molecule has 6 heteroatoms. The lowest BCUT2D eigenvalue weighted by molar-refractivity contribution is -0.115. The van der Waals surface area contributed by atoms with Crippen molar-refractivity contribution in [2.24, 2.45) is 0 Å². The Morgan fingerprint density at radius 3 is 1.27 bits per heavy atom. The lowest BCUT2D eigenvalue weighted by Gasteiger charge is -2.23. The van der Waals surface area contributed by atoms with Gasteiger partial charge in [-0.05, 0) is 105 Å². The third kappa shape index (κ3) is 6.83.